The van der Waals surface area contributed by atoms with Crippen LogP contribution in [-0.4, -0.2) is 28.8 Å². The molecule has 0 fully saturated rings. The van der Waals surface area contributed by atoms with Crippen molar-refractivity contribution in [3.8, 4) is 0 Å². The molecule has 1 aliphatic rings. The van der Waals surface area contributed by atoms with Gasteiger partial charge >= 0.3 is 0 Å². The summed E-state index contributed by atoms with van der Waals surface area (Å²) in [6.45, 7) is 0.210. The summed E-state index contributed by atoms with van der Waals surface area (Å²) in [4.78, 5) is 12.1. The second kappa shape index (κ2) is 7.41. The zero-order valence-electron chi connectivity index (χ0n) is 15.4. The molecule has 1 amide bonds. The number of amides is 1. The number of carbonyl (C=O) groups excluding carboxylic acids is 1. The van der Waals surface area contributed by atoms with E-state index in [1.54, 1.807) is 30.3 Å². The maximum atomic E-state index is 13.7. The highest BCUT2D eigenvalue weighted by atomic mass is 32.2. The molecule has 4 rings (SSSR count). The van der Waals surface area contributed by atoms with Crippen molar-refractivity contribution in [1.29, 1.82) is 0 Å². The minimum absolute atomic E-state index is 0.0788. The van der Waals surface area contributed by atoms with Gasteiger partial charge in [-0.3, -0.25) is 9.89 Å². The number of primary amides is 1. The van der Waals surface area contributed by atoms with Gasteiger partial charge in [0.05, 0.1) is 23.7 Å². The number of nitrogens with zero attached hydrogens (tertiary/aromatic N) is 2. The molecule has 1 aromatic heterocycles. The summed E-state index contributed by atoms with van der Waals surface area (Å²) in [7, 11) is -3.58. The lowest BCUT2D eigenvalue weighted by Gasteiger charge is -2.17. The normalized spacial score (nSPS) is 15.2. The van der Waals surface area contributed by atoms with E-state index in [1.807, 2.05) is 6.07 Å². The highest BCUT2D eigenvalue weighted by Crippen LogP contribution is 2.34. The van der Waals surface area contributed by atoms with Gasteiger partial charge in [-0.15, -0.1) is 0 Å². The average Bonchev–Trinajstić information content (AvgIpc) is 3.25. The topological polar surface area (TPSA) is 109 Å². The summed E-state index contributed by atoms with van der Waals surface area (Å²) < 4.78 is 40.7. The fraction of sp³-hybridized carbons (Fsp3) is 0.200. The number of nitrogens with two attached hydrogens (primary N) is 1. The van der Waals surface area contributed by atoms with Gasteiger partial charge in [0.1, 0.15) is 11.7 Å². The minimum Gasteiger partial charge on any atom is -0.369 e. The number of fused-ring (bicyclic) bond motifs is 1. The van der Waals surface area contributed by atoms with Crippen LogP contribution >= 0.6 is 0 Å². The standard InChI is InChI=1S/C20H19FN4O3S/c21-15-8-4-7-14(9-15)18(20(22)26)19-16-10-25(11-17(16)23-24-19)29(27,28)12-13-5-2-1-3-6-13/h1-9,18H,10-12H2,(H2,22,26)(H,23,24). The van der Waals surface area contributed by atoms with Gasteiger partial charge in [0.15, 0.2) is 0 Å². The molecule has 0 bridgehead atoms. The highest BCUT2D eigenvalue weighted by Gasteiger charge is 2.36. The Bertz CT molecular complexity index is 1160. The third-order valence-corrected chi connectivity index (χ3v) is 6.72. The molecule has 7 nitrogen and oxygen atoms in total. The third-order valence-electron chi connectivity index (χ3n) is 4.98. The van der Waals surface area contributed by atoms with E-state index in [-0.39, 0.29) is 18.8 Å². The maximum absolute atomic E-state index is 13.7. The second-order valence-corrected chi connectivity index (χ2v) is 8.94. The molecule has 1 aliphatic heterocycles. The predicted octanol–water partition coefficient (Wildman–Crippen LogP) is 2.01. The number of halogens is 1. The Morgan fingerprint density at radius 3 is 2.62 bits per heavy atom. The van der Waals surface area contributed by atoms with Crippen LogP contribution in [0.2, 0.25) is 0 Å². The monoisotopic (exact) mass is 414 g/mol. The zero-order chi connectivity index (χ0) is 20.6. The lowest BCUT2D eigenvalue weighted by molar-refractivity contribution is -0.118. The van der Waals surface area contributed by atoms with Crippen LogP contribution in [0.5, 0.6) is 0 Å². The number of aromatic amines is 1. The molecule has 9 heteroatoms. The minimum atomic E-state index is -3.58. The summed E-state index contributed by atoms with van der Waals surface area (Å²) in [5.41, 5.74) is 8.19. The van der Waals surface area contributed by atoms with E-state index < -0.39 is 27.7 Å². The van der Waals surface area contributed by atoms with E-state index in [4.69, 9.17) is 5.73 Å². The number of benzene rings is 2. The molecule has 0 saturated heterocycles. The van der Waals surface area contributed by atoms with Gasteiger partial charge in [0.2, 0.25) is 15.9 Å². The molecule has 1 atom stereocenters. The first-order valence-electron chi connectivity index (χ1n) is 8.97. The predicted molar refractivity (Wildman–Crippen MR) is 104 cm³/mol. The van der Waals surface area contributed by atoms with Crippen molar-refractivity contribution in [1.82, 2.24) is 14.5 Å². The van der Waals surface area contributed by atoms with Gasteiger partial charge in [0, 0.05) is 12.1 Å². The molecule has 0 saturated carbocycles. The van der Waals surface area contributed by atoms with Crippen LogP contribution in [-0.2, 0) is 33.7 Å². The molecule has 0 radical (unpaired) electrons. The van der Waals surface area contributed by atoms with Gasteiger partial charge in [-0.05, 0) is 23.3 Å². The van der Waals surface area contributed by atoms with Crippen molar-refractivity contribution < 1.29 is 17.6 Å². The summed E-state index contributed by atoms with van der Waals surface area (Å²) >= 11 is 0. The summed E-state index contributed by atoms with van der Waals surface area (Å²) in [6.07, 6.45) is 0. The van der Waals surface area contributed by atoms with Crippen LogP contribution < -0.4 is 5.73 Å². The number of hydrogen-bond acceptors (Lipinski definition) is 4. The number of carbonyl (C=O) groups is 1. The Morgan fingerprint density at radius 2 is 1.93 bits per heavy atom. The summed E-state index contributed by atoms with van der Waals surface area (Å²) in [6, 6.07) is 14.5. The lowest BCUT2D eigenvalue weighted by Crippen LogP contribution is -2.28. The number of hydrogen-bond donors (Lipinski definition) is 2. The van der Waals surface area contributed by atoms with E-state index in [9.17, 15) is 17.6 Å². The Hall–Kier alpha value is -3.04. The summed E-state index contributed by atoms with van der Waals surface area (Å²) in [5, 5.41) is 7.01. The molecular weight excluding hydrogens is 395 g/mol. The Balaban J connectivity index is 1.63. The van der Waals surface area contributed by atoms with Crippen LogP contribution in [0.1, 0.15) is 34.0 Å². The number of sulfonamides is 1. The Morgan fingerprint density at radius 1 is 1.17 bits per heavy atom. The highest BCUT2D eigenvalue weighted by molar-refractivity contribution is 7.88. The van der Waals surface area contributed by atoms with Crippen molar-refractivity contribution >= 4 is 15.9 Å². The van der Waals surface area contributed by atoms with Crippen LogP contribution in [0, 0.1) is 5.82 Å². The third kappa shape index (κ3) is 3.79. The van der Waals surface area contributed by atoms with Gasteiger partial charge in [-0.2, -0.15) is 9.40 Å². The molecule has 0 aliphatic carbocycles. The first kappa shape index (κ1) is 19.3. The van der Waals surface area contributed by atoms with E-state index >= 15 is 0 Å². The molecule has 29 heavy (non-hydrogen) atoms. The summed E-state index contributed by atoms with van der Waals surface area (Å²) in [5.74, 6) is -2.27. The van der Waals surface area contributed by atoms with Crippen LogP contribution in [0.4, 0.5) is 4.39 Å². The van der Waals surface area contributed by atoms with Gasteiger partial charge < -0.3 is 5.73 Å². The largest absolute Gasteiger partial charge is 0.369 e. The van der Waals surface area contributed by atoms with Crippen molar-refractivity contribution in [3.63, 3.8) is 0 Å². The Kier molecular flexibility index (Phi) is 4.93. The molecule has 150 valence electrons. The van der Waals surface area contributed by atoms with Crippen molar-refractivity contribution in [2.75, 3.05) is 0 Å². The number of nitrogens with one attached hydrogen (secondary N) is 1. The second-order valence-electron chi connectivity index (χ2n) is 6.97. The smallest absolute Gasteiger partial charge is 0.231 e. The van der Waals surface area contributed by atoms with E-state index in [0.29, 0.717) is 28.1 Å². The lowest BCUT2D eigenvalue weighted by atomic mass is 9.92. The first-order valence-corrected chi connectivity index (χ1v) is 10.6. The fourth-order valence-corrected chi connectivity index (χ4v) is 5.04. The molecular formula is C20H19FN4O3S. The first-order chi connectivity index (χ1) is 13.8. The van der Waals surface area contributed by atoms with Crippen LogP contribution in [0.3, 0.4) is 0 Å². The van der Waals surface area contributed by atoms with Crippen LogP contribution in [0.15, 0.2) is 54.6 Å². The van der Waals surface area contributed by atoms with Gasteiger partial charge in [0.25, 0.3) is 0 Å². The fourth-order valence-electron chi connectivity index (χ4n) is 3.59. The van der Waals surface area contributed by atoms with E-state index in [0.717, 1.165) is 0 Å². The molecule has 2 aromatic carbocycles. The number of rotatable bonds is 6. The van der Waals surface area contributed by atoms with Crippen molar-refractivity contribution in [2.24, 2.45) is 5.73 Å². The van der Waals surface area contributed by atoms with E-state index in [1.165, 1.54) is 22.5 Å². The molecule has 1 unspecified atom stereocenters. The van der Waals surface area contributed by atoms with Crippen molar-refractivity contribution in [2.45, 2.75) is 24.8 Å². The molecule has 3 N–H and O–H groups in total. The zero-order valence-corrected chi connectivity index (χ0v) is 16.2. The van der Waals surface area contributed by atoms with E-state index in [2.05, 4.69) is 10.2 Å². The maximum Gasteiger partial charge on any atom is 0.231 e. The quantitative estimate of drug-likeness (QED) is 0.643. The number of aromatic nitrogens is 2. The van der Waals surface area contributed by atoms with Gasteiger partial charge in [-0.1, -0.05) is 42.5 Å². The SMILES string of the molecule is NC(=O)C(c1cccc(F)c1)c1n[nH]c2c1CN(S(=O)(=O)Cc1ccccc1)C2. The molecule has 2 heterocycles. The molecule has 0 spiro atoms. The average molecular weight is 414 g/mol. The van der Waals surface area contributed by atoms with Gasteiger partial charge in [-0.25, -0.2) is 12.8 Å². The molecule has 3 aromatic rings. The number of H-pyrrole nitrogens is 1. The van der Waals surface area contributed by atoms with Crippen LogP contribution in [0.25, 0.3) is 0 Å². The van der Waals surface area contributed by atoms with Crippen molar-refractivity contribution in [3.05, 3.63) is 88.5 Å². The Labute approximate surface area is 167 Å².